The Hall–Kier alpha value is -1.66. The molecule has 2 aromatic rings. The second-order valence-corrected chi connectivity index (χ2v) is 6.36. The van der Waals surface area contributed by atoms with Crippen LogP contribution < -0.4 is 10.9 Å². The highest BCUT2D eigenvalue weighted by atomic mass is 79.9. The molecule has 0 aliphatic carbocycles. The third-order valence-electron chi connectivity index (χ3n) is 3.65. The highest BCUT2D eigenvalue weighted by molar-refractivity contribution is 9.10. The summed E-state index contributed by atoms with van der Waals surface area (Å²) in [5, 5.41) is 7.36. The molecule has 1 aromatic carbocycles. The van der Waals surface area contributed by atoms with Crippen molar-refractivity contribution in [1.29, 1.82) is 0 Å². The standard InChI is InChI=1S/C16H21BrN4O/c1-11-5-7-12(8-6-11)14(20(2)3)10-18-13-9-19-21(4)16(22)15(13)17/h5-9,14,18H,10H2,1-4H3. The Kier molecular flexibility index (Phi) is 5.37. The minimum Gasteiger partial charge on any atom is -0.381 e. The fourth-order valence-corrected chi connectivity index (χ4v) is 2.73. The van der Waals surface area contributed by atoms with E-state index in [9.17, 15) is 4.79 Å². The number of nitrogens with zero attached hydrogens (tertiary/aromatic N) is 3. The van der Waals surface area contributed by atoms with Gasteiger partial charge in [-0.15, -0.1) is 0 Å². The highest BCUT2D eigenvalue weighted by Gasteiger charge is 2.15. The van der Waals surface area contributed by atoms with Crippen molar-refractivity contribution in [1.82, 2.24) is 14.7 Å². The minimum atomic E-state index is -0.151. The average Bonchev–Trinajstić information content (AvgIpc) is 2.48. The van der Waals surface area contributed by atoms with E-state index in [-0.39, 0.29) is 11.6 Å². The second-order valence-electron chi connectivity index (χ2n) is 5.57. The van der Waals surface area contributed by atoms with Crippen molar-refractivity contribution in [3.63, 3.8) is 0 Å². The number of nitrogens with one attached hydrogen (secondary N) is 1. The molecule has 0 amide bonds. The van der Waals surface area contributed by atoms with Crippen molar-refractivity contribution in [3.05, 3.63) is 56.4 Å². The van der Waals surface area contributed by atoms with E-state index in [0.717, 1.165) is 0 Å². The number of rotatable bonds is 5. The Morgan fingerprint density at radius 3 is 2.55 bits per heavy atom. The van der Waals surface area contributed by atoms with Crippen LogP contribution in [0.25, 0.3) is 0 Å². The lowest BCUT2D eigenvalue weighted by molar-refractivity contribution is 0.311. The fraction of sp³-hybridized carbons (Fsp3) is 0.375. The fourth-order valence-electron chi connectivity index (χ4n) is 2.23. The number of anilines is 1. The van der Waals surface area contributed by atoms with Gasteiger partial charge in [-0.05, 0) is 42.5 Å². The summed E-state index contributed by atoms with van der Waals surface area (Å²) in [5.74, 6) is 0. The van der Waals surface area contributed by atoms with Gasteiger partial charge in [-0.2, -0.15) is 5.10 Å². The van der Waals surface area contributed by atoms with Crippen LogP contribution in [0.15, 0.2) is 39.7 Å². The third kappa shape index (κ3) is 3.75. The Morgan fingerprint density at radius 2 is 1.95 bits per heavy atom. The van der Waals surface area contributed by atoms with Gasteiger partial charge >= 0.3 is 0 Å². The molecule has 1 heterocycles. The Bertz CT molecular complexity index is 694. The molecule has 1 unspecified atom stereocenters. The first-order chi connectivity index (χ1) is 10.4. The SMILES string of the molecule is Cc1ccc(C(CNc2cnn(C)c(=O)c2Br)N(C)C)cc1. The zero-order valence-electron chi connectivity index (χ0n) is 13.3. The first-order valence-electron chi connectivity index (χ1n) is 7.09. The van der Waals surface area contributed by atoms with Crippen molar-refractivity contribution < 1.29 is 0 Å². The van der Waals surface area contributed by atoms with E-state index in [1.54, 1.807) is 13.2 Å². The van der Waals surface area contributed by atoms with E-state index in [2.05, 4.69) is 62.4 Å². The van der Waals surface area contributed by atoms with Gasteiger partial charge < -0.3 is 10.2 Å². The first-order valence-corrected chi connectivity index (χ1v) is 7.88. The summed E-state index contributed by atoms with van der Waals surface area (Å²) < 4.78 is 1.81. The zero-order chi connectivity index (χ0) is 16.3. The van der Waals surface area contributed by atoms with Gasteiger partial charge in [-0.25, -0.2) is 4.68 Å². The normalized spacial score (nSPS) is 12.5. The van der Waals surface area contributed by atoms with E-state index in [4.69, 9.17) is 0 Å². The molecule has 1 N–H and O–H groups in total. The Morgan fingerprint density at radius 1 is 1.32 bits per heavy atom. The lowest BCUT2D eigenvalue weighted by Gasteiger charge is -2.26. The number of aromatic nitrogens is 2. The first kappa shape index (κ1) is 16.7. The van der Waals surface area contributed by atoms with Gasteiger partial charge in [0.25, 0.3) is 5.56 Å². The van der Waals surface area contributed by atoms with Crippen molar-refractivity contribution in [2.45, 2.75) is 13.0 Å². The van der Waals surface area contributed by atoms with Crippen molar-refractivity contribution >= 4 is 21.6 Å². The van der Waals surface area contributed by atoms with Crippen LogP contribution in [0, 0.1) is 6.92 Å². The molecular weight excluding hydrogens is 344 g/mol. The van der Waals surface area contributed by atoms with Crippen LogP contribution in [-0.2, 0) is 7.05 Å². The molecule has 0 saturated heterocycles. The Labute approximate surface area is 139 Å². The summed E-state index contributed by atoms with van der Waals surface area (Å²) in [6.45, 7) is 2.76. The number of hydrogen-bond acceptors (Lipinski definition) is 4. The van der Waals surface area contributed by atoms with Crippen LogP contribution in [-0.4, -0.2) is 35.3 Å². The van der Waals surface area contributed by atoms with E-state index in [1.165, 1.54) is 15.8 Å². The highest BCUT2D eigenvalue weighted by Crippen LogP contribution is 2.22. The van der Waals surface area contributed by atoms with Gasteiger partial charge in [0, 0.05) is 13.6 Å². The van der Waals surface area contributed by atoms with Gasteiger partial charge in [-0.3, -0.25) is 4.79 Å². The molecule has 1 aromatic heterocycles. The summed E-state index contributed by atoms with van der Waals surface area (Å²) in [7, 11) is 5.72. The molecule has 2 rings (SSSR count). The zero-order valence-corrected chi connectivity index (χ0v) is 14.9. The molecule has 0 aliphatic rings. The second kappa shape index (κ2) is 7.07. The lowest BCUT2D eigenvalue weighted by atomic mass is 10.0. The molecule has 0 bridgehead atoms. The molecule has 5 nitrogen and oxygen atoms in total. The summed E-state index contributed by atoms with van der Waals surface area (Å²) in [5.41, 5.74) is 3.03. The van der Waals surface area contributed by atoms with Gasteiger partial charge in [0.05, 0.1) is 17.9 Å². The maximum Gasteiger partial charge on any atom is 0.282 e. The van der Waals surface area contributed by atoms with E-state index >= 15 is 0 Å². The quantitative estimate of drug-likeness (QED) is 0.885. The van der Waals surface area contributed by atoms with Gasteiger partial charge in [0.1, 0.15) is 4.47 Å². The molecule has 6 heteroatoms. The van der Waals surface area contributed by atoms with Gasteiger partial charge in [0.2, 0.25) is 0 Å². The van der Waals surface area contributed by atoms with Crippen LogP contribution in [0.1, 0.15) is 17.2 Å². The van der Waals surface area contributed by atoms with Crippen LogP contribution in [0.2, 0.25) is 0 Å². The van der Waals surface area contributed by atoms with E-state index < -0.39 is 0 Å². The molecule has 0 fully saturated rings. The predicted octanol–water partition coefficient (Wildman–Crippen LogP) is 2.57. The number of aryl methyl sites for hydroxylation is 2. The number of likely N-dealkylation sites (N-methyl/N-ethyl adjacent to an activating group) is 1. The lowest BCUT2D eigenvalue weighted by Crippen LogP contribution is -2.28. The van der Waals surface area contributed by atoms with E-state index in [1.807, 2.05) is 14.1 Å². The molecule has 22 heavy (non-hydrogen) atoms. The smallest absolute Gasteiger partial charge is 0.282 e. The van der Waals surface area contributed by atoms with Crippen molar-refractivity contribution in [2.24, 2.45) is 7.05 Å². The van der Waals surface area contributed by atoms with Crippen LogP contribution >= 0.6 is 15.9 Å². The monoisotopic (exact) mass is 364 g/mol. The van der Waals surface area contributed by atoms with Crippen molar-refractivity contribution in [3.8, 4) is 0 Å². The largest absolute Gasteiger partial charge is 0.381 e. The summed E-state index contributed by atoms with van der Waals surface area (Å²) in [6, 6.07) is 8.71. The van der Waals surface area contributed by atoms with Gasteiger partial charge in [-0.1, -0.05) is 29.8 Å². The summed E-state index contributed by atoms with van der Waals surface area (Å²) in [6.07, 6.45) is 1.66. The topological polar surface area (TPSA) is 50.2 Å². The molecule has 0 aliphatic heterocycles. The number of halogens is 1. The van der Waals surface area contributed by atoms with Crippen molar-refractivity contribution in [2.75, 3.05) is 26.0 Å². The molecule has 0 saturated carbocycles. The summed E-state index contributed by atoms with van der Waals surface area (Å²) >= 11 is 3.33. The molecule has 118 valence electrons. The number of hydrogen-bond donors (Lipinski definition) is 1. The predicted molar refractivity (Wildman–Crippen MR) is 93.3 cm³/mol. The maximum absolute atomic E-state index is 11.9. The average molecular weight is 365 g/mol. The maximum atomic E-state index is 11.9. The third-order valence-corrected chi connectivity index (χ3v) is 4.42. The molecular formula is C16H21BrN4O. The Balaban J connectivity index is 2.18. The molecule has 0 spiro atoms. The van der Waals surface area contributed by atoms with Gasteiger partial charge in [0.15, 0.2) is 0 Å². The minimum absolute atomic E-state index is 0.151. The molecule has 0 radical (unpaired) electrons. The van der Waals surface area contributed by atoms with Crippen LogP contribution in [0.4, 0.5) is 5.69 Å². The van der Waals surface area contributed by atoms with Crippen LogP contribution in [0.3, 0.4) is 0 Å². The van der Waals surface area contributed by atoms with E-state index in [0.29, 0.717) is 16.7 Å². The molecule has 1 atom stereocenters. The van der Waals surface area contributed by atoms with Crippen LogP contribution in [0.5, 0.6) is 0 Å². The number of benzene rings is 1. The summed E-state index contributed by atoms with van der Waals surface area (Å²) in [4.78, 5) is 14.0.